The van der Waals surface area contributed by atoms with Crippen molar-refractivity contribution in [1.82, 2.24) is 16.0 Å². The molecule has 1 aliphatic heterocycles. The number of thioether (sulfide) groups is 1. The van der Waals surface area contributed by atoms with Crippen molar-refractivity contribution in [2.24, 2.45) is 5.92 Å². The first-order chi connectivity index (χ1) is 12.5. The highest BCUT2D eigenvalue weighted by Gasteiger charge is 2.25. The highest BCUT2D eigenvalue weighted by molar-refractivity contribution is 8.00. The van der Waals surface area contributed by atoms with Crippen LogP contribution in [0.5, 0.6) is 0 Å². The van der Waals surface area contributed by atoms with Crippen LogP contribution in [-0.2, 0) is 9.53 Å². The Labute approximate surface area is 158 Å². The van der Waals surface area contributed by atoms with E-state index in [4.69, 9.17) is 4.74 Å². The van der Waals surface area contributed by atoms with Gasteiger partial charge in [-0.15, -0.1) is 11.8 Å². The third-order valence-corrected chi connectivity index (χ3v) is 5.38. The number of amides is 3. The van der Waals surface area contributed by atoms with E-state index in [2.05, 4.69) is 27.8 Å². The fourth-order valence-electron chi connectivity index (χ4n) is 2.49. The topological polar surface area (TPSA) is 79.5 Å². The van der Waals surface area contributed by atoms with Crippen LogP contribution in [0.4, 0.5) is 4.79 Å². The van der Waals surface area contributed by atoms with Gasteiger partial charge in [0.1, 0.15) is 6.61 Å². The summed E-state index contributed by atoms with van der Waals surface area (Å²) in [6.07, 6.45) is 0. The second-order valence-corrected chi connectivity index (χ2v) is 7.34. The summed E-state index contributed by atoms with van der Waals surface area (Å²) >= 11 is 1.45. The number of benzene rings is 1. The highest BCUT2D eigenvalue weighted by atomic mass is 32.2. The number of urea groups is 1. The molecule has 26 heavy (non-hydrogen) atoms. The molecule has 0 aliphatic carbocycles. The maximum Gasteiger partial charge on any atom is 0.315 e. The number of nitrogens with one attached hydrogen (secondary N) is 3. The summed E-state index contributed by atoms with van der Waals surface area (Å²) in [7, 11) is 1.61. The molecular formula is C19H25N3O3S. The van der Waals surface area contributed by atoms with Gasteiger partial charge in [-0.2, -0.15) is 0 Å². The van der Waals surface area contributed by atoms with E-state index < -0.39 is 0 Å². The molecular weight excluding hydrogens is 350 g/mol. The summed E-state index contributed by atoms with van der Waals surface area (Å²) in [5.74, 6) is 6.45. The molecule has 2 rings (SSSR count). The molecule has 3 atom stereocenters. The second kappa shape index (κ2) is 10.1. The van der Waals surface area contributed by atoms with Gasteiger partial charge in [-0.05, 0) is 24.6 Å². The molecule has 1 heterocycles. The van der Waals surface area contributed by atoms with Gasteiger partial charge in [-0.25, -0.2) is 4.79 Å². The maximum atomic E-state index is 12.2. The lowest BCUT2D eigenvalue weighted by Crippen LogP contribution is -2.53. The van der Waals surface area contributed by atoms with Crippen molar-refractivity contribution in [1.29, 1.82) is 0 Å². The lowest BCUT2D eigenvalue weighted by atomic mass is 10.1. The zero-order chi connectivity index (χ0) is 18.9. The number of hydrogen-bond acceptors (Lipinski definition) is 4. The van der Waals surface area contributed by atoms with Crippen LogP contribution in [0.1, 0.15) is 31.0 Å². The van der Waals surface area contributed by atoms with E-state index in [9.17, 15) is 9.59 Å². The number of methoxy groups -OCH3 is 1. The maximum absolute atomic E-state index is 12.2. The summed E-state index contributed by atoms with van der Waals surface area (Å²) in [6.45, 7) is 5.02. The number of carbonyl (C=O) groups excluding carboxylic acids is 2. The van der Waals surface area contributed by atoms with Crippen molar-refractivity contribution in [2.75, 3.05) is 26.0 Å². The molecule has 3 amide bonds. The van der Waals surface area contributed by atoms with Gasteiger partial charge in [0.15, 0.2) is 0 Å². The molecule has 1 aromatic carbocycles. The first kappa shape index (κ1) is 20.1. The van der Waals surface area contributed by atoms with Gasteiger partial charge < -0.3 is 20.7 Å². The van der Waals surface area contributed by atoms with Gasteiger partial charge in [0.05, 0.1) is 17.2 Å². The van der Waals surface area contributed by atoms with E-state index in [1.54, 1.807) is 7.11 Å². The van der Waals surface area contributed by atoms with Crippen LogP contribution in [0.2, 0.25) is 0 Å². The van der Waals surface area contributed by atoms with Gasteiger partial charge in [0.2, 0.25) is 5.91 Å². The van der Waals surface area contributed by atoms with Crippen LogP contribution in [0, 0.1) is 17.8 Å². The fraction of sp³-hybridized carbons (Fsp3) is 0.474. The second-order valence-electron chi connectivity index (χ2n) is 6.21. The monoisotopic (exact) mass is 375 g/mol. The summed E-state index contributed by atoms with van der Waals surface area (Å²) in [5.41, 5.74) is 1.93. The summed E-state index contributed by atoms with van der Waals surface area (Å²) < 4.78 is 4.90. The first-order valence-corrected chi connectivity index (χ1v) is 9.57. The van der Waals surface area contributed by atoms with Crippen LogP contribution in [-0.4, -0.2) is 43.3 Å². The van der Waals surface area contributed by atoms with Crippen molar-refractivity contribution in [3.8, 4) is 11.8 Å². The quantitative estimate of drug-likeness (QED) is 0.663. The number of hydrogen-bond donors (Lipinski definition) is 3. The standard InChI is InChI=1S/C19H25N3O3S/c1-13-11-20-19(24)22-18(13)26-12-17(23)21-14(2)16-8-6-15(7-9-16)5-4-10-25-3/h6-9,13-14,18H,10-12H2,1-3H3,(H,21,23)(H2,20,22,24)/t13?,14-,18?/m1/s1. The Morgan fingerprint density at radius 2 is 2.15 bits per heavy atom. The Bertz CT molecular complexity index is 682. The van der Waals surface area contributed by atoms with Gasteiger partial charge in [0.25, 0.3) is 0 Å². The van der Waals surface area contributed by atoms with Crippen molar-refractivity contribution in [3.63, 3.8) is 0 Å². The summed E-state index contributed by atoms with van der Waals surface area (Å²) in [5, 5.41) is 8.53. The molecule has 1 aliphatic rings. The summed E-state index contributed by atoms with van der Waals surface area (Å²) in [6, 6.07) is 7.52. The van der Waals surface area contributed by atoms with Crippen LogP contribution in [0.15, 0.2) is 24.3 Å². The minimum absolute atomic E-state index is 0.0465. The molecule has 3 N–H and O–H groups in total. The average Bonchev–Trinajstić information content (AvgIpc) is 2.63. The lowest BCUT2D eigenvalue weighted by Gasteiger charge is -2.29. The largest absolute Gasteiger partial charge is 0.372 e. The van der Waals surface area contributed by atoms with E-state index in [0.717, 1.165) is 11.1 Å². The van der Waals surface area contributed by atoms with E-state index in [1.165, 1.54) is 11.8 Å². The van der Waals surface area contributed by atoms with E-state index >= 15 is 0 Å². The normalized spacial score (nSPS) is 20.2. The molecule has 1 aromatic rings. The Balaban J connectivity index is 1.81. The minimum Gasteiger partial charge on any atom is -0.372 e. The van der Waals surface area contributed by atoms with Crippen LogP contribution >= 0.6 is 11.8 Å². The lowest BCUT2D eigenvalue weighted by molar-refractivity contribution is -0.119. The van der Waals surface area contributed by atoms with Crippen molar-refractivity contribution in [3.05, 3.63) is 35.4 Å². The summed E-state index contributed by atoms with van der Waals surface area (Å²) in [4.78, 5) is 23.6. The molecule has 0 aromatic heterocycles. The molecule has 140 valence electrons. The van der Waals surface area contributed by atoms with Gasteiger partial charge >= 0.3 is 6.03 Å². The van der Waals surface area contributed by atoms with Crippen LogP contribution < -0.4 is 16.0 Å². The number of carbonyl (C=O) groups is 2. The molecule has 7 heteroatoms. The van der Waals surface area contributed by atoms with Crippen LogP contribution in [0.3, 0.4) is 0 Å². The SMILES string of the molecule is COCC#Cc1ccc([C@@H](C)NC(=O)CSC2NC(=O)NCC2C)cc1. The highest BCUT2D eigenvalue weighted by Crippen LogP contribution is 2.20. The first-order valence-electron chi connectivity index (χ1n) is 8.52. The molecule has 6 nitrogen and oxygen atoms in total. The van der Waals surface area contributed by atoms with Crippen LogP contribution in [0.25, 0.3) is 0 Å². The van der Waals surface area contributed by atoms with Gasteiger partial charge in [-0.1, -0.05) is 30.9 Å². The predicted octanol–water partition coefficient (Wildman–Crippen LogP) is 1.87. The molecule has 0 spiro atoms. The average molecular weight is 375 g/mol. The van der Waals surface area contributed by atoms with Crippen molar-refractivity contribution >= 4 is 23.7 Å². The van der Waals surface area contributed by atoms with Crippen molar-refractivity contribution in [2.45, 2.75) is 25.3 Å². The van der Waals surface area contributed by atoms with E-state index in [1.807, 2.05) is 38.1 Å². The van der Waals surface area contributed by atoms with Crippen molar-refractivity contribution < 1.29 is 14.3 Å². The number of ether oxygens (including phenoxy) is 1. The molecule has 1 saturated heterocycles. The molecule has 2 unspecified atom stereocenters. The Morgan fingerprint density at radius 1 is 1.42 bits per heavy atom. The fourth-order valence-corrected chi connectivity index (χ4v) is 3.52. The Kier molecular flexibility index (Phi) is 7.82. The van der Waals surface area contributed by atoms with Gasteiger partial charge in [0, 0.05) is 25.1 Å². The van der Waals surface area contributed by atoms with Gasteiger partial charge in [-0.3, -0.25) is 4.79 Å². The Hall–Kier alpha value is -2.17. The smallest absolute Gasteiger partial charge is 0.315 e. The number of rotatable bonds is 6. The molecule has 0 saturated carbocycles. The minimum atomic E-state index is -0.178. The molecule has 0 bridgehead atoms. The van der Waals surface area contributed by atoms with E-state index in [0.29, 0.717) is 18.9 Å². The Morgan fingerprint density at radius 3 is 2.85 bits per heavy atom. The zero-order valence-electron chi connectivity index (χ0n) is 15.3. The van der Waals surface area contributed by atoms with E-state index in [-0.39, 0.29) is 29.3 Å². The zero-order valence-corrected chi connectivity index (χ0v) is 16.1. The molecule has 1 fully saturated rings. The third kappa shape index (κ3) is 6.28. The molecule has 0 radical (unpaired) electrons. The third-order valence-electron chi connectivity index (χ3n) is 4.01. The predicted molar refractivity (Wildman–Crippen MR) is 104 cm³/mol.